The predicted molar refractivity (Wildman–Crippen MR) is 124 cm³/mol. The highest BCUT2D eigenvalue weighted by atomic mass is 16.5. The molecular weight excluding hydrogens is 404 g/mol. The van der Waals surface area contributed by atoms with Crippen molar-refractivity contribution < 1.29 is 13.9 Å². The topological polar surface area (TPSA) is 103 Å². The van der Waals surface area contributed by atoms with Crippen molar-refractivity contribution in [1.29, 1.82) is 0 Å². The molecule has 0 radical (unpaired) electrons. The Labute approximate surface area is 189 Å². The molecule has 3 aromatic rings. The molecule has 0 saturated heterocycles. The highest BCUT2D eigenvalue weighted by molar-refractivity contribution is 5.83. The summed E-state index contributed by atoms with van der Waals surface area (Å²) in [6, 6.07) is 17.1. The van der Waals surface area contributed by atoms with Gasteiger partial charge in [0.15, 0.2) is 0 Å². The first-order chi connectivity index (χ1) is 15.5. The van der Waals surface area contributed by atoms with Gasteiger partial charge in [-0.05, 0) is 42.5 Å². The SMILES string of the molecule is CCCC(C)COc1ccc([C@H](Cc2nnc(N)o2)NC(=O)[C@@H](C)c2ccccc2)cc1. The summed E-state index contributed by atoms with van der Waals surface area (Å²) < 4.78 is 11.3. The van der Waals surface area contributed by atoms with Crippen LogP contribution in [0.4, 0.5) is 6.01 Å². The van der Waals surface area contributed by atoms with Crippen molar-refractivity contribution in [3.8, 4) is 5.75 Å². The van der Waals surface area contributed by atoms with Crippen LogP contribution in [0.15, 0.2) is 59.0 Å². The molecule has 0 aliphatic carbocycles. The second kappa shape index (κ2) is 11.3. The maximum absolute atomic E-state index is 13.0. The number of amides is 1. The smallest absolute Gasteiger partial charge is 0.312 e. The van der Waals surface area contributed by atoms with Gasteiger partial charge in [0.2, 0.25) is 11.8 Å². The molecule has 1 aromatic heterocycles. The van der Waals surface area contributed by atoms with Gasteiger partial charge in [0, 0.05) is 0 Å². The Morgan fingerprint density at radius 1 is 1.06 bits per heavy atom. The van der Waals surface area contributed by atoms with Crippen LogP contribution in [0.1, 0.15) is 62.6 Å². The van der Waals surface area contributed by atoms with Gasteiger partial charge in [0.25, 0.3) is 0 Å². The third-order valence-corrected chi connectivity index (χ3v) is 5.47. The van der Waals surface area contributed by atoms with E-state index in [1.54, 1.807) is 0 Å². The number of nitrogen functional groups attached to an aromatic ring is 1. The Hall–Kier alpha value is -3.35. The Morgan fingerprint density at radius 2 is 1.78 bits per heavy atom. The number of nitrogens with one attached hydrogen (secondary N) is 1. The summed E-state index contributed by atoms with van der Waals surface area (Å²) in [6.45, 7) is 6.94. The normalized spacial score (nSPS) is 13.8. The number of hydrogen-bond donors (Lipinski definition) is 2. The lowest BCUT2D eigenvalue weighted by atomic mass is 9.98. The number of anilines is 1. The zero-order valence-electron chi connectivity index (χ0n) is 19.0. The first kappa shape index (κ1) is 23.3. The summed E-state index contributed by atoms with van der Waals surface area (Å²) >= 11 is 0. The third kappa shape index (κ3) is 6.57. The van der Waals surface area contributed by atoms with E-state index in [-0.39, 0.29) is 23.9 Å². The molecule has 0 fully saturated rings. The van der Waals surface area contributed by atoms with Crippen LogP contribution in [0.25, 0.3) is 0 Å². The van der Waals surface area contributed by atoms with Crippen LogP contribution in [0.3, 0.4) is 0 Å². The number of ether oxygens (including phenoxy) is 1. The minimum absolute atomic E-state index is 0.00711. The van der Waals surface area contributed by atoms with Crippen molar-refractivity contribution in [2.45, 2.75) is 52.0 Å². The summed E-state index contributed by atoms with van der Waals surface area (Å²) in [4.78, 5) is 13.0. The average molecular weight is 437 g/mol. The van der Waals surface area contributed by atoms with Crippen LogP contribution in [-0.4, -0.2) is 22.7 Å². The summed E-state index contributed by atoms with van der Waals surface area (Å²) in [6.07, 6.45) is 2.62. The van der Waals surface area contributed by atoms with Gasteiger partial charge in [-0.2, -0.15) is 0 Å². The number of aromatic nitrogens is 2. The number of nitrogens with zero attached hydrogens (tertiary/aromatic N) is 2. The summed E-state index contributed by atoms with van der Waals surface area (Å²) in [5, 5.41) is 10.8. The number of hydrogen-bond acceptors (Lipinski definition) is 6. The number of carbonyl (C=O) groups is 1. The zero-order valence-corrected chi connectivity index (χ0v) is 19.0. The largest absolute Gasteiger partial charge is 0.493 e. The van der Waals surface area contributed by atoms with E-state index in [4.69, 9.17) is 14.9 Å². The van der Waals surface area contributed by atoms with Gasteiger partial charge in [0.05, 0.1) is 25.0 Å². The van der Waals surface area contributed by atoms with Crippen molar-refractivity contribution in [3.05, 3.63) is 71.6 Å². The minimum Gasteiger partial charge on any atom is -0.493 e. The lowest BCUT2D eigenvalue weighted by molar-refractivity contribution is -0.123. The molecule has 0 aliphatic rings. The van der Waals surface area contributed by atoms with Crippen LogP contribution >= 0.6 is 0 Å². The molecule has 1 heterocycles. The van der Waals surface area contributed by atoms with Gasteiger partial charge in [0.1, 0.15) is 5.75 Å². The molecule has 0 bridgehead atoms. The molecule has 7 heteroatoms. The fourth-order valence-electron chi connectivity index (χ4n) is 3.58. The number of carbonyl (C=O) groups excluding carboxylic acids is 1. The minimum atomic E-state index is -0.346. The van der Waals surface area contributed by atoms with E-state index < -0.39 is 0 Å². The molecule has 170 valence electrons. The van der Waals surface area contributed by atoms with Gasteiger partial charge in [-0.25, -0.2) is 0 Å². The van der Waals surface area contributed by atoms with Crippen molar-refractivity contribution in [2.75, 3.05) is 12.3 Å². The highest BCUT2D eigenvalue weighted by Gasteiger charge is 2.22. The first-order valence-corrected chi connectivity index (χ1v) is 11.1. The van der Waals surface area contributed by atoms with E-state index in [9.17, 15) is 4.79 Å². The predicted octanol–water partition coefficient (Wildman–Crippen LogP) is 4.67. The van der Waals surface area contributed by atoms with Crippen LogP contribution in [0.5, 0.6) is 5.75 Å². The van der Waals surface area contributed by atoms with Crippen LogP contribution in [-0.2, 0) is 11.2 Å². The second-order valence-corrected chi connectivity index (χ2v) is 8.21. The van der Waals surface area contributed by atoms with Crippen molar-refractivity contribution in [2.24, 2.45) is 5.92 Å². The maximum Gasteiger partial charge on any atom is 0.312 e. The van der Waals surface area contributed by atoms with E-state index in [0.29, 0.717) is 24.8 Å². The Balaban J connectivity index is 1.73. The lowest BCUT2D eigenvalue weighted by Crippen LogP contribution is -2.33. The fourth-order valence-corrected chi connectivity index (χ4v) is 3.58. The average Bonchev–Trinajstić information content (AvgIpc) is 3.22. The molecule has 1 amide bonds. The van der Waals surface area contributed by atoms with Gasteiger partial charge in [-0.1, -0.05) is 67.8 Å². The van der Waals surface area contributed by atoms with Crippen LogP contribution < -0.4 is 15.8 Å². The molecule has 3 N–H and O–H groups in total. The van der Waals surface area contributed by atoms with E-state index >= 15 is 0 Å². The van der Waals surface area contributed by atoms with E-state index in [1.807, 2.05) is 61.5 Å². The first-order valence-electron chi connectivity index (χ1n) is 11.1. The molecule has 0 spiro atoms. The molecule has 3 rings (SSSR count). The molecule has 0 saturated carbocycles. The Kier molecular flexibility index (Phi) is 8.25. The molecule has 0 aliphatic heterocycles. The Morgan fingerprint density at radius 3 is 2.41 bits per heavy atom. The van der Waals surface area contributed by atoms with Crippen molar-refractivity contribution in [3.63, 3.8) is 0 Å². The molecular formula is C25H32N4O3. The standard InChI is InChI=1S/C25H32N4O3/c1-4-8-17(2)16-31-21-13-11-20(12-14-21)22(15-23-28-29-25(26)32-23)27-24(30)18(3)19-9-6-5-7-10-19/h5-7,9-14,17-18,22H,4,8,15-16H2,1-3H3,(H2,26,29)(H,27,30)/t17?,18-,22-/m0/s1. The fraction of sp³-hybridized carbons (Fsp3) is 0.400. The lowest BCUT2D eigenvalue weighted by Gasteiger charge is -2.21. The van der Waals surface area contributed by atoms with Crippen LogP contribution in [0, 0.1) is 5.92 Å². The Bertz CT molecular complexity index is 972. The molecule has 7 nitrogen and oxygen atoms in total. The van der Waals surface area contributed by atoms with E-state index in [2.05, 4.69) is 29.4 Å². The third-order valence-electron chi connectivity index (χ3n) is 5.47. The summed E-state index contributed by atoms with van der Waals surface area (Å²) in [5.74, 6) is 1.31. The van der Waals surface area contributed by atoms with Crippen molar-refractivity contribution in [1.82, 2.24) is 15.5 Å². The molecule has 2 aromatic carbocycles. The van der Waals surface area contributed by atoms with Crippen molar-refractivity contribution >= 4 is 11.9 Å². The summed E-state index contributed by atoms with van der Waals surface area (Å²) in [7, 11) is 0. The van der Waals surface area contributed by atoms with Gasteiger partial charge < -0.3 is 20.2 Å². The monoisotopic (exact) mass is 436 g/mol. The van der Waals surface area contributed by atoms with E-state index in [1.165, 1.54) is 0 Å². The number of benzene rings is 2. The van der Waals surface area contributed by atoms with Gasteiger partial charge >= 0.3 is 6.01 Å². The molecule has 1 unspecified atom stereocenters. The molecule has 32 heavy (non-hydrogen) atoms. The maximum atomic E-state index is 13.0. The van der Waals surface area contributed by atoms with Gasteiger partial charge in [-0.3, -0.25) is 4.79 Å². The molecule has 3 atom stereocenters. The van der Waals surface area contributed by atoms with Crippen LogP contribution in [0.2, 0.25) is 0 Å². The number of rotatable bonds is 11. The van der Waals surface area contributed by atoms with E-state index in [0.717, 1.165) is 29.7 Å². The quantitative estimate of drug-likeness (QED) is 0.453. The zero-order chi connectivity index (χ0) is 22.9. The highest BCUT2D eigenvalue weighted by Crippen LogP contribution is 2.24. The van der Waals surface area contributed by atoms with Gasteiger partial charge in [-0.15, -0.1) is 5.10 Å². The second-order valence-electron chi connectivity index (χ2n) is 8.21. The number of nitrogens with two attached hydrogens (primary N) is 1. The summed E-state index contributed by atoms with van der Waals surface area (Å²) in [5.41, 5.74) is 7.45.